The van der Waals surface area contributed by atoms with Crippen LogP contribution in [0.2, 0.25) is 0 Å². The predicted molar refractivity (Wildman–Crippen MR) is 124 cm³/mol. The molecule has 1 heterocycles. The number of allylic oxidation sites excluding steroid dienone is 2. The Balaban J connectivity index is 1.38. The van der Waals surface area contributed by atoms with Crippen LogP contribution in [0, 0.1) is 5.92 Å². The van der Waals surface area contributed by atoms with E-state index in [9.17, 15) is 14.4 Å². The smallest absolute Gasteiger partial charge is 0.251 e. The molecule has 0 bridgehead atoms. The fourth-order valence-electron chi connectivity index (χ4n) is 3.79. The molecule has 2 unspecified atom stereocenters. The van der Waals surface area contributed by atoms with E-state index in [1.807, 2.05) is 18.2 Å². The number of thiazole rings is 1. The molecule has 0 spiro atoms. The molecule has 0 fully saturated rings. The summed E-state index contributed by atoms with van der Waals surface area (Å²) >= 11 is 1.66. The fraction of sp³-hybridized carbons (Fsp3) is 0.250. The minimum atomic E-state index is -0.598. The van der Waals surface area contributed by atoms with Crippen molar-refractivity contribution in [1.82, 2.24) is 15.6 Å². The number of carbonyl (C=O) groups excluding carboxylic acids is 3. The van der Waals surface area contributed by atoms with Gasteiger partial charge in [-0.25, -0.2) is 4.98 Å². The molecule has 3 aromatic rings. The normalized spacial score (nSPS) is 17.8. The van der Waals surface area contributed by atoms with E-state index in [2.05, 4.69) is 28.9 Å². The summed E-state index contributed by atoms with van der Waals surface area (Å²) in [4.78, 5) is 40.6. The van der Waals surface area contributed by atoms with Gasteiger partial charge in [0.05, 0.1) is 27.7 Å². The second-order valence-electron chi connectivity index (χ2n) is 7.74. The van der Waals surface area contributed by atoms with Crippen LogP contribution < -0.4 is 16.4 Å². The molecule has 2 aromatic carbocycles. The van der Waals surface area contributed by atoms with E-state index in [1.165, 1.54) is 0 Å². The van der Waals surface area contributed by atoms with Gasteiger partial charge in [0.15, 0.2) is 0 Å². The van der Waals surface area contributed by atoms with Crippen molar-refractivity contribution < 1.29 is 14.4 Å². The summed E-state index contributed by atoms with van der Waals surface area (Å²) in [5.41, 5.74) is 7.32. The van der Waals surface area contributed by atoms with E-state index in [0.717, 1.165) is 27.2 Å². The highest BCUT2D eigenvalue weighted by Crippen LogP contribution is 2.38. The number of amides is 3. The van der Waals surface area contributed by atoms with Crippen LogP contribution in [0.1, 0.15) is 39.7 Å². The lowest BCUT2D eigenvalue weighted by molar-refractivity contribution is -0.126. The lowest BCUT2D eigenvalue weighted by atomic mass is 9.82. The monoisotopic (exact) mass is 448 g/mol. The minimum Gasteiger partial charge on any atom is -0.368 e. The van der Waals surface area contributed by atoms with Crippen molar-refractivity contribution >= 4 is 39.3 Å². The quantitative estimate of drug-likeness (QED) is 0.482. The van der Waals surface area contributed by atoms with E-state index in [-0.39, 0.29) is 30.2 Å². The summed E-state index contributed by atoms with van der Waals surface area (Å²) in [6, 6.07) is 14.9. The molecule has 3 amide bonds. The largest absolute Gasteiger partial charge is 0.368 e. The van der Waals surface area contributed by atoms with Crippen LogP contribution >= 0.6 is 11.3 Å². The molecular weight excluding hydrogens is 424 g/mol. The summed E-state index contributed by atoms with van der Waals surface area (Å²) in [6.45, 7) is 0.164. The van der Waals surface area contributed by atoms with Gasteiger partial charge in [-0.3, -0.25) is 14.4 Å². The Morgan fingerprint density at radius 2 is 1.75 bits per heavy atom. The highest BCUT2D eigenvalue weighted by Gasteiger charge is 2.32. The first kappa shape index (κ1) is 21.7. The third kappa shape index (κ3) is 5.03. The number of rotatable bonds is 7. The molecule has 0 saturated heterocycles. The number of nitrogens with zero attached hydrogens (tertiary/aromatic N) is 1. The molecule has 0 saturated carbocycles. The molecule has 1 aromatic heterocycles. The number of para-hydroxylation sites is 1. The summed E-state index contributed by atoms with van der Waals surface area (Å²) in [7, 11) is 0. The zero-order valence-corrected chi connectivity index (χ0v) is 18.2. The first-order chi connectivity index (χ1) is 15.5. The zero-order chi connectivity index (χ0) is 22.5. The molecule has 1 aliphatic rings. The third-order valence-electron chi connectivity index (χ3n) is 5.50. The number of nitrogens with one attached hydrogen (secondary N) is 2. The average molecular weight is 449 g/mol. The van der Waals surface area contributed by atoms with Crippen molar-refractivity contribution in [3.05, 3.63) is 76.8 Å². The van der Waals surface area contributed by atoms with Gasteiger partial charge in [0.2, 0.25) is 11.8 Å². The number of benzene rings is 2. The number of nitrogens with two attached hydrogens (primary N) is 1. The fourth-order valence-corrected chi connectivity index (χ4v) is 4.94. The number of hydrogen-bond donors (Lipinski definition) is 3. The summed E-state index contributed by atoms with van der Waals surface area (Å²) in [6.07, 6.45) is 5.68. The molecule has 32 heavy (non-hydrogen) atoms. The second kappa shape index (κ2) is 9.74. The van der Waals surface area contributed by atoms with Gasteiger partial charge < -0.3 is 16.4 Å². The molecule has 4 N–H and O–H groups in total. The van der Waals surface area contributed by atoms with E-state index < -0.39 is 5.91 Å². The van der Waals surface area contributed by atoms with Gasteiger partial charge in [-0.15, -0.1) is 11.3 Å². The molecular formula is C24H24N4O3S. The number of fused-ring (bicyclic) bond motifs is 1. The maximum atomic E-state index is 13.0. The van der Waals surface area contributed by atoms with E-state index in [4.69, 9.17) is 10.7 Å². The summed E-state index contributed by atoms with van der Waals surface area (Å²) in [5, 5.41) is 6.48. The number of hydrogen-bond acceptors (Lipinski definition) is 5. The lowest BCUT2D eigenvalue weighted by Gasteiger charge is -2.26. The second-order valence-corrected chi connectivity index (χ2v) is 8.80. The molecule has 8 heteroatoms. The van der Waals surface area contributed by atoms with Gasteiger partial charge in [0, 0.05) is 18.0 Å². The van der Waals surface area contributed by atoms with Gasteiger partial charge in [-0.05, 0) is 42.7 Å². The van der Waals surface area contributed by atoms with Gasteiger partial charge in [0.1, 0.15) is 0 Å². The van der Waals surface area contributed by atoms with E-state index in [0.29, 0.717) is 18.5 Å². The standard InChI is InChI=1S/C24H24N4O3S/c25-21(29)14-27-22(30)16-11-9-15(10-12-16)13-26-23(31)17-5-1-2-6-18(17)24-28-19-7-3-4-8-20(19)32-24/h1-4,7-12,17-18H,5-6,13-14H2,(H2,25,29)(H,26,31)(H,27,30). The lowest BCUT2D eigenvalue weighted by Crippen LogP contribution is -2.34. The number of aromatic nitrogens is 1. The Bertz CT molecular complexity index is 1140. The molecule has 164 valence electrons. The summed E-state index contributed by atoms with van der Waals surface area (Å²) in [5.74, 6) is -1.07. The molecule has 0 aliphatic heterocycles. The van der Waals surface area contributed by atoms with Crippen LogP contribution in [0.15, 0.2) is 60.7 Å². The number of primary amides is 1. The predicted octanol–water partition coefficient (Wildman–Crippen LogP) is 2.88. The van der Waals surface area contributed by atoms with Gasteiger partial charge in [0.25, 0.3) is 5.91 Å². The van der Waals surface area contributed by atoms with Crippen molar-refractivity contribution in [2.75, 3.05) is 6.54 Å². The Labute approximate surface area is 189 Å². The molecule has 0 radical (unpaired) electrons. The Morgan fingerprint density at radius 3 is 2.50 bits per heavy atom. The van der Waals surface area contributed by atoms with Crippen molar-refractivity contribution in [2.45, 2.75) is 25.3 Å². The average Bonchev–Trinajstić information content (AvgIpc) is 3.25. The van der Waals surface area contributed by atoms with Crippen molar-refractivity contribution in [3.63, 3.8) is 0 Å². The zero-order valence-electron chi connectivity index (χ0n) is 17.4. The maximum absolute atomic E-state index is 13.0. The SMILES string of the molecule is NC(=O)CNC(=O)c1ccc(CNC(=O)C2CC=CCC2c2nc3ccccc3s2)cc1. The Morgan fingerprint density at radius 1 is 1.00 bits per heavy atom. The highest BCUT2D eigenvalue weighted by molar-refractivity contribution is 7.18. The van der Waals surface area contributed by atoms with Gasteiger partial charge >= 0.3 is 0 Å². The van der Waals surface area contributed by atoms with E-state index >= 15 is 0 Å². The van der Waals surface area contributed by atoms with Crippen LogP contribution in [0.25, 0.3) is 10.2 Å². The minimum absolute atomic E-state index is 0.00174. The summed E-state index contributed by atoms with van der Waals surface area (Å²) < 4.78 is 1.14. The Hall–Kier alpha value is -3.52. The number of carbonyl (C=O) groups is 3. The van der Waals surface area contributed by atoms with Crippen LogP contribution in [0.3, 0.4) is 0 Å². The van der Waals surface area contributed by atoms with Crippen molar-refractivity contribution in [2.24, 2.45) is 11.7 Å². The van der Waals surface area contributed by atoms with Gasteiger partial charge in [-0.1, -0.05) is 36.4 Å². The van der Waals surface area contributed by atoms with Crippen LogP contribution in [-0.2, 0) is 16.1 Å². The maximum Gasteiger partial charge on any atom is 0.251 e. The Kier molecular flexibility index (Phi) is 6.61. The van der Waals surface area contributed by atoms with Crippen LogP contribution in [-0.4, -0.2) is 29.3 Å². The molecule has 4 rings (SSSR count). The van der Waals surface area contributed by atoms with Crippen molar-refractivity contribution in [1.29, 1.82) is 0 Å². The topological polar surface area (TPSA) is 114 Å². The van der Waals surface area contributed by atoms with E-state index in [1.54, 1.807) is 35.6 Å². The first-order valence-electron chi connectivity index (χ1n) is 10.4. The highest BCUT2D eigenvalue weighted by atomic mass is 32.1. The molecule has 7 nitrogen and oxygen atoms in total. The van der Waals surface area contributed by atoms with Gasteiger partial charge in [-0.2, -0.15) is 0 Å². The van der Waals surface area contributed by atoms with Crippen LogP contribution in [0.4, 0.5) is 0 Å². The first-order valence-corrected chi connectivity index (χ1v) is 11.3. The molecule has 2 atom stereocenters. The molecule has 1 aliphatic carbocycles. The third-order valence-corrected chi connectivity index (χ3v) is 6.67. The van der Waals surface area contributed by atoms with Crippen molar-refractivity contribution in [3.8, 4) is 0 Å². The van der Waals surface area contributed by atoms with Crippen LogP contribution in [0.5, 0.6) is 0 Å².